The van der Waals surface area contributed by atoms with Crippen LogP contribution in [0.25, 0.3) is 0 Å². The number of tetrazole rings is 1. The molecule has 1 atom stereocenters. The highest BCUT2D eigenvalue weighted by Gasteiger charge is 2.33. The van der Waals surface area contributed by atoms with Gasteiger partial charge in [-0.2, -0.15) is 4.80 Å². The Balaban J connectivity index is 2.00. The Kier molecular flexibility index (Phi) is 3.79. The largest absolute Gasteiger partial charge is 0.369 e. The monoisotopic (exact) mass is 303 g/mol. The maximum Gasteiger partial charge on any atom is 0.188 e. The Labute approximate surface area is 109 Å². The smallest absolute Gasteiger partial charge is 0.188 e. The minimum atomic E-state index is -0.126. The number of hydrogen-bond acceptors (Lipinski definition) is 5. The molecule has 17 heavy (non-hydrogen) atoms. The molecule has 0 amide bonds. The van der Waals surface area contributed by atoms with Gasteiger partial charge in [-0.15, -0.1) is 10.2 Å². The Morgan fingerprint density at radius 2 is 2.29 bits per heavy atom. The van der Waals surface area contributed by atoms with E-state index in [0.29, 0.717) is 0 Å². The molecule has 6 nitrogen and oxygen atoms in total. The van der Waals surface area contributed by atoms with Crippen molar-refractivity contribution in [2.45, 2.75) is 32.1 Å². The van der Waals surface area contributed by atoms with Gasteiger partial charge >= 0.3 is 0 Å². The van der Waals surface area contributed by atoms with Crippen LogP contribution in [-0.2, 0) is 18.3 Å². The number of morpholine rings is 1. The van der Waals surface area contributed by atoms with Gasteiger partial charge in [-0.3, -0.25) is 4.90 Å². The highest BCUT2D eigenvalue weighted by Crippen LogP contribution is 2.22. The maximum absolute atomic E-state index is 5.95. The van der Waals surface area contributed by atoms with Gasteiger partial charge in [-0.05, 0) is 19.1 Å². The van der Waals surface area contributed by atoms with Crippen molar-refractivity contribution in [3.05, 3.63) is 5.82 Å². The highest BCUT2D eigenvalue weighted by atomic mass is 79.9. The van der Waals surface area contributed by atoms with E-state index in [2.05, 4.69) is 50.1 Å². The first-order chi connectivity index (χ1) is 7.98. The molecule has 96 valence electrons. The SMILES string of the molecule is Cn1nnc(CN2CC(CBr)OC(C)(C)C2)n1. The number of alkyl halides is 1. The summed E-state index contributed by atoms with van der Waals surface area (Å²) in [5.74, 6) is 0.763. The third-order valence-electron chi connectivity index (χ3n) is 2.64. The van der Waals surface area contributed by atoms with Gasteiger partial charge in [0.2, 0.25) is 0 Å². The predicted molar refractivity (Wildman–Crippen MR) is 66.8 cm³/mol. The summed E-state index contributed by atoms with van der Waals surface area (Å²) in [6.07, 6.45) is 0.218. The molecule has 0 aromatic carbocycles. The van der Waals surface area contributed by atoms with Crippen molar-refractivity contribution in [3.63, 3.8) is 0 Å². The van der Waals surface area contributed by atoms with Crippen molar-refractivity contribution in [2.24, 2.45) is 7.05 Å². The van der Waals surface area contributed by atoms with Crippen molar-refractivity contribution in [1.29, 1.82) is 0 Å². The van der Waals surface area contributed by atoms with Crippen LogP contribution < -0.4 is 0 Å². The second kappa shape index (κ2) is 4.99. The summed E-state index contributed by atoms with van der Waals surface area (Å²) in [6, 6.07) is 0. The number of aromatic nitrogens is 4. The molecule has 0 bridgehead atoms. The Hall–Kier alpha value is -0.530. The second-order valence-electron chi connectivity index (χ2n) is 5.02. The summed E-state index contributed by atoms with van der Waals surface area (Å²) < 4.78 is 5.95. The van der Waals surface area contributed by atoms with E-state index in [1.165, 1.54) is 4.80 Å². The molecule has 1 saturated heterocycles. The number of hydrogen-bond donors (Lipinski definition) is 0. The van der Waals surface area contributed by atoms with Crippen molar-refractivity contribution < 1.29 is 4.74 Å². The number of aryl methyl sites for hydroxylation is 1. The zero-order chi connectivity index (χ0) is 12.5. The zero-order valence-corrected chi connectivity index (χ0v) is 12.0. The number of halogens is 1. The van der Waals surface area contributed by atoms with Crippen molar-refractivity contribution in [1.82, 2.24) is 25.1 Å². The number of nitrogens with zero attached hydrogens (tertiary/aromatic N) is 5. The summed E-state index contributed by atoms with van der Waals surface area (Å²) in [5.41, 5.74) is -0.126. The minimum Gasteiger partial charge on any atom is -0.369 e. The standard InChI is InChI=1S/C10H18BrN5O/c1-10(2)7-16(5-8(4-11)17-10)6-9-12-14-15(3)13-9/h8H,4-7H2,1-3H3. The Bertz CT molecular complexity index is 381. The first-order valence-electron chi connectivity index (χ1n) is 5.67. The summed E-state index contributed by atoms with van der Waals surface area (Å²) in [5, 5.41) is 12.9. The molecule has 2 heterocycles. The van der Waals surface area contributed by atoms with Crippen LogP contribution in [0.15, 0.2) is 0 Å². The van der Waals surface area contributed by atoms with E-state index in [1.807, 2.05) is 0 Å². The molecule has 0 radical (unpaired) electrons. The van der Waals surface area contributed by atoms with Crippen LogP contribution in [0.4, 0.5) is 0 Å². The van der Waals surface area contributed by atoms with Crippen LogP contribution in [0.3, 0.4) is 0 Å². The molecular formula is C10H18BrN5O. The van der Waals surface area contributed by atoms with Gasteiger partial charge in [0.05, 0.1) is 25.3 Å². The van der Waals surface area contributed by atoms with Crippen molar-refractivity contribution in [2.75, 3.05) is 18.4 Å². The van der Waals surface area contributed by atoms with Gasteiger partial charge < -0.3 is 4.74 Å². The lowest BCUT2D eigenvalue weighted by Crippen LogP contribution is -2.52. The number of ether oxygens (including phenoxy) is 1. The fourth-order valence-electron chi connectivity index (χ4n) is 2.20. The lowest BCUT2D eigenvalue weighted by molar-refractivity contribution is -0.128. The maximum atomic E-state index is 5.95. The van der Waals surface area contributed by atoms with Crippen LogP contribution in [0, 0.1) is 0 Å². The van der Waals surface area contributed by atoms with E-state index in [4.69, 9.17) is 4.74 Å². The van der Waals surface area contributed by atoms with Gasteiger partial charge in [0.25, 0.3) is 0 Å². The fraction of sp³-hybridized carbons (Fsp3) is 0.900. The van der Waals surface area contributed by atoms with Crippen LogP contribution in [0.2, 0.25) is 0 Å². The Morgan fingerprint density at radius 1 is 1.53 bits per heavy atom. The molecule has 0 spiro atoms. The van der Waals surface area contributed by atoms with Gasteiger partial charge in [-0.25, -0.2) is 0 Å². The predicted octanol–water partition coefficient (Wildman–Crippen LogP) is 0.584. The molecule has 1 aliphatic rings. The summed E-state index contributed by atoms with van der Waals surface area (Å²) in [6.45, 7) is 6.73. The normalized spacial score (nSPS) is 25.1. The van der Waals surface area contributed by atoms with Gasteiger partial charge in [0, 0.05) is 18.4 Å². The summed E-state index contributed by atoms with van der Waals surface area (Å²) in [4.78, 5) is 3.80. The van der Waals surface area contributed by atoms with Crippen LogP contribution in [0.5, 0.6) is 0 Å². The third kappa shape index (κ3) is 3.46. The fourth-order valence-corrected chi connectivity index (χ4v) is 2.54. The molecule has 0 aliphatic carbocycles. The molecule has 0 saturated carbocycles. The Morgan fingerprint density at radius 3 is 2.88 bits per heavy atom. The number of rotatable bonds is 3. The topological polar surface area (TPSA) is 56.1 Å². The minimum absolute atomic E-state index is 0.126. The summed E-state index contributed by atoms with van der Waals surface area (Å²) in [7, 11) is 1.78. The van der Waals surface area contributed by atoms with E-state index in [9.17, 15) is 0 Å². The first-order valence-corrected chi connectivity index (χ1v) is 6.80. The van der Waals surface area contributed by atoms with E-state index in [1.54, 1.807) is 7.05 Å². The molecular weight excluding hydrogens is 286 g/mol. The highest BCUT2D eigenvalue weighted by molar-refractivity contribution is 9.09. The average Bonchev–Trinajstić information content (AvgIpc) is 2.61. The molecule has 2 rings (SSSR count). The molecule has 0 N–H and O–H groups in total. The van der Waals surface area contributed by atoms with Gasteiger partial charge in [0.15, 0.2) is 5.82 Å². The summed E-state index contributed by atoms with van der Waals surface area (Å²) >= 11 is 3.48. The van der Waals surface area contributed by atoms with Gasteiger partial charge in [-0.1, -0.05) is 15.9 Å². The molecule has 1 aromatic heterocycles. The van der Waals surface area contributed by atoms with Crippen LogP contribution in [0.1, 0.15) is 19.7 Å². The lowest BCUT2D eigenvalue weighted by Gasteiger charge is -2.41. The second-order valence-corrected chi connectivity index (χ2v) is 5.67. The molecule has 1 unspecified atom stereocenters. The molecule has 1 fully saturated rings. The van der Waals surface area contributed by atoms with E-state index in [-0.39, 0.29) is 11.7 Å². The average molecular weight is 304 g/mol. The molecule has 1 aliphatic heterocycles. The quantitative estimate of drug-likeness (QED) is 0.765. The van der Waals surface area contributed by atoms with E-state index >= 15 is 0 Å². The van der Waals surface area contributed by atoms with Crippen molar-refractivity contribution in [3.8, 4) is 0 Å². The van der Waals surface area contributed by atoms with Gasteiger partial charge in [0.1, 0.15) is 0 Å². The first kappa shape index (κ1) is 12.9. The molecule has 7 heteroatoms. The van der Waals surface area contributed by atoms with E-state index in [0.717, 1.165) is 30.8 Å². The van der Waals surface area contributed by atoms with Crippen LogP contribution in [-0.4, -0.2) is 55.2 Å². The lowest BCUT2D eigenvalue weighted by atomic mass is 10.1. The molecule has 1 aromatic rings. The van der Waals surface area contributed by atoms with Crippen molar-refractivity contribution >= 4 is 15.9 Å². The zero-order valence-electron chi connectivity index (χ0n) is 10.4. The van der Waals surface area contributed by atoms with Crippen LogP contribution >= 0.6 is 15.9 Å². The third-order valence-corrected chi connectivity index (χ3v) is 3.36. The van der Waals surface area contributed by atoms with E-state index < -0.39 is 0 Å².